The number of hydrogen-bond donors (Lipinski definition) is 1. The molecule has 1 atom stereocenters. The van der Waals surface area contributed by atoms with Crippen molar-refractivity contribution < 1.29 is 14.3 Å². The lowest BCUT2D eigenvalue weighted by atomic mass is 10.1. The van der Waals surface area contributed by atoms with Gasteiger partial charge in [0, 0.05) is 24.7 Å². The summed E-state index contributed by atoms with van der Waals surface area (Å²) >= 11 is 0. The van der Waals surface area contributed by atoms with Gasteiger partial charge in [0.15, 0.2) is 0 Å². The number of likely N-dealkylation sites (N-methyl/N-ethyl adjacent to an activating group) is 2. The van der Waals surface area contributed by atoms with Crippen LogP contribution in [0.3, 0.4) is 0 Å². The van der Waals surface area contributed by atoms with Crippen LogP contribution in [-0.4, -0.2) is 54.1 Å². The first-order valence-electron chi connectivity index (χ1n) is 6.75. The van der Waals surface area contributed by atoms with Crippen molar-refractivity contribution in [3.8, 4) is 0 Å². The van der Waals surface area contributed by atoms with Gasteiger partial charge in [-0.3, -0.25) is 4.90 Å². The second-order valence-electron chi connectivity index (χ2n) is 5.29. The highest BCUT2D eigenvalue weighted by Crippen LogP contribution is 2.15. The van der Waals surface area contributed by atoms with E-state index in [-0.39, 0.29) is 5.56 Å². The molecule has 20 heavy (non-hydrogen) atoms. The number of hydrogen-bond acceptors (Lipinski definition) is 3. The van der Waals surface area contributed by atoms with Gasteiger partial charge in [-0.25, -0.2) is 9.18 Å². The molecule has 0 heterocycles. The second-order valence-corrected chi connectivity index (χ2v) is 5.29. The minimum absolute atomic E-state index is 0.0179. The molecular weight excluding hydrogens is 259 g/mol. The Kier molecular flexibility index (Phi) is 6.10. The van der Waals surface area contributed by atoms with Gasteiger partial charge in [-0.05, 0) is 39.7 Å². The van der Waals surface area contributed by atoms with Crippen LogP contribution in [0, 0.1) is 5.82 Å². The predicted octanol–water partition coefficient (Wildman–Crippen LogP) is 2.30. The number of carboxylic acid groups (broad SMARTS) is 1. The Bertz CT molecular complexity index is 463. The molecule has 0 bridgehead atoms. The zero-order valence-corrected chi connectivity index (χ0v) is 12.6. The molecule has 1 N–H and O–H groups in total. The molecule has 0 aliphatic rings. The first-order valence-corrected chi connectivity index (χ1v) is 6.75. The Morgan fingerprint density at radius 2 is 2.05 bits per heavy atom. The molecule has 0 aliphatic carbocycles. The number of rotatable bonds is 7. The third-order valence-electron chi connectivity index (χ3n) is 3.33. The van der Waals surface area contributed by atoms with E-state index in [1.165, 1.54) is 6.07 Å². The maximum absolute atomic E-state index is 13.9. The topological polar surface area (TPSA) is 43.8 Å². The third-order valence-corrected chi connectivity index (χ3v) is 3.33. The fraction of sp³-hybridized carbons (Fsp3) is 0.533. The molecule has 4 nitrogen and oxygen atoms in total. The highest BCUT2D eigenvalue weighted by Gasteiger charge is 2.16. The molecule has 1 unspecified atom stereocenters. The van der Waals surface area contributed by atoms with E-state index < -0.39 is 11.8 Å². The Morgan fingerprint density at radius 1 is 1.40 bits per heavy atom. The van der Waals surface area contributed by atoms with E-state index in [4.69, 9.17) is 5.11 Å². The maximum atomic E-state index is 13.9. The van der Waals surface area contributed by atoms with Gasteiger partial charge in [-0.1, -0.05) is 13.0 Å². The van der Waals surface area contributed by atoms with Gasteiger partial charge in [0.05, 0.1) is 5.56 Å². The standard InChI is InChI=1S/C15H23FN2O2/c1-5-18(11(2)9-17(3)4)10-13-7-6-12(15(19)20)8-14(13)16/h6-8,11H,5,9-10H2,1-4H3,(H,19,20). The molecule has 0 radical (unpaired) electrons. The Labute approximate surface area is 119 Å². The Morgan fingerprint density at radius 3 is 2.50 bits per heavy atom. The van der Waals surface area contributed by atoms with Gasteiger partial charge in [0.1, 0.15) is 5.82 Å². The van der Waals surface area contributed by atoms with Crippen LogP contribution in [0.15, 0.2) is 18.2 Å². The first kappa shape index (κ1) is 16.6. The molecule has 5 heteroatoms. The molecule has 1 aromatic rings. The minimum Gasteiger partial charge on any atom is -0.478 e. The van der Waals surface area contributed by atoms with E-state index in [0.717, 1.165) is 19.2 Å². The van der Waals surface area contributed by atoms with E-state index in [0.29, 0.717) is 18.2 Å². The summed E-state index contributed by atoms with van der Waals surface area (Å²) in [6.45, 7) is 6.33. The molecule has 0 aliphatic heterocycles. The van der Waals surface area contributed by atoms with Crippen LogP contribution >= 0.6 is 0 Å². The quantitative estimate of drug-likeness (QED) is 0.833. The Hall–Kier alpha value is -1.46. The molecule has 0 saturated carbocycles. The lowest BCUT2D eigenvalue weighted by Crippen LogP contribution is -2.39. The summed E-state index contributed by atoms with van der Waals surface area (Å²) in [6, 6.07) is 4.39. The average Bonchev–Trinajstić information content (AvgIpc) is 2.36. The van der Waals surface area contributed by atoms with Crippen molar-refractivity contribution in [3.05, 3.63) is 35.1 Å². The number of carboxylic acids is 1. The third kappa shape index (κ3) is 4.58. The number of carbonyl (C=O) groups is 1. The summed E-state index contributed by atoms with van der Waals surface area (Å²) < 4.78 is 13.9. The minimum atomic E-state index is -1.11. The van der Waals surface area contributed by atoms with Crippen molar-refractivity contribution in [1.29, 1.82) is 0 Å². The van der Waals surface area contributed by atoms with Crippen LogP contribution in [0.1, 0.15) is 29.8 Å². The molecule has 1 aromatic carbocycles. The van der Waals surface area contributed by atoms with Crippen molar-refractivity contribution >= 4 is 5.97 Å². The van der Waals surface area contributed by atoms with E-state index in [2.05, 4.69) is 16.7 Å². The molecule has 1 rings (SSSR count). The maximum Gasteiger partial charge on any atom is 0.335 e. The highest BCUT2D eigenvalue weighted by molar-refractivity contribution is 5.87. The first-order chi connectivity index (χ1) is 9.35. The molecule has 112 valence electrons. The zero-order valence-electron chi connectivity index (χ0n) is 12.6. The van der Waals surface area contributed by atoms with Gasteiger partial charge in [-0.15, -0.1) is 0 Å². The van der Waals surface area contributed by atoms with E-state index in [1.54, 1.807) is 6.07 Å². The van der Waals surface area contributed by atoms with Crippen LogP contribution < -0.4 is 0 Å². The van der Waals surface area contributed by atoms with E-state index in [1.807, 2.05) is 21.0 Å². The van der Waals surface area contributed by atoms with Crippen LogP contribution in [0.4, 0.5) is 4.39 Å². The summed E-state index contributed by atoms with van der Waals surface area (Å²) in [5.41, 5.74) is 0.512. The number of halogens is 1. The predicted molar refractivity (Wildman–Crippen MR) is 77.5 cm³/mol. The van der Waals surface area contributed by atoms with Crippen LogP contribution in [0.5, 0.6) is 0 Å². The van der Waals surface area contributed by atoms with Crippen LogP contribution in [0.25, 0.3) is 0 Å². The van der Waals surface area contributed by atoms with Crippen LogP contribution in [0.2, 0.25) is 0 Å². The summed E-state index contributed by atoms with van der Waals surface area (Å²) in [5.74, 6) is -1.57. The highest BCUT2D eigenvalue weighted by atomic mass is 19.1. The lowest BCUT2D eigenvalue weighted by Gasteiger charge is -2.30. The fourth-order valence-electron chi connectivity index (χ4n) is 2.25. The van der Waals surface area contributed by atoms with Gasteiger partial charge in [0.2, 0.25) is 0 Å². The number of aromatic carboxylic acids is 1. The van der Waals surface area contributed by atoms with Gasteiger partial charge in [-0.2, -0.15) is 0 Å². The molecule has 0 fully saturated rings. The number of benzene rings is 1. The van der Waals surface area contributed by atoms with E-state index >= 15 is 0 Å². The molecule has 0 saturated heterocycles. The van der Waals surface area contributed by atoms with Crippen molar-refractivity contribution in [3.63, 3.8) is 0 Å². The SMILES string of the molecule is CCN(Cc1ccc(C(=O)O)cc1F)C(C)CN(C)C. The summed E-state index contributed by atoms with van der Waals surface area (Å²) in [6.07, 6.45) is 0. The largest absolute Gasteiger partial charge is 0.478 e. The van der Waals surface area contributed by atoms with E-state index in [9.17, 15) is 9.18 Å². The van der Waals surface area contributed by atoms with Gasteiger partial charge < -0.3 is 10.0 Å². The summed E-state index contributed by atoms with van der Waals surface area (Å²) in [5, 5.41) is 8.83. The summed E-state index contributed by atoms with van der Waals surface area (Å²) in [7, 11) is 4.01. The van der Waals surface area contributed by atoms with Crippen LogP contribution in [-0.2, 0) is 6.54 Å². The number of nitrogens with zero attached hydrogens (tertiary/aromatic N) is 2. The van der Waals surface area contributed by atoms with Gasteiger partial charge in [0.25, 0.3) is 0 Å². The Balaban J connectivity index is 2.82. The zero-order chi connectivity index (χ0) is 15.3. The lowest BCUT2D eigenvalue weighted by molar-refractivity contribution is 0.0696. The van der Waals surface area contributed by atoms with Crippen molar-refractivity contribution in [2.75, 3.05) is 27.2 Å². The molecule has 0 spiro atoms. The fourth-order valence-corrected chi connectivity index (χ4v) is 2.25. The second kappa shape index (κ2) is 7.36. The molecule has 0 aromatic heterocycles. The van der Waals surface area contributed by atoms with Gasteiger partial charge >= 0.3 is 5.97 Å². The normalized spacial score (nSPS) is 12.9. The molecule has 0 amide bonds. The van der Waals surface area contributed by atoms with Crippen molar-refractivity contribution in [1.82, 2.24) is 9.80 Å². The molecular formula is C15H23FN2O2. The monoisotopic (exact) mass is 282 g/mol. The average molecular weight is 282 g/mol. The summed E-state index contributed by atoms with van der Waals surface area (Å²) in [4.78, 5) is 15.0. The van der Waals surface area contributed by atoms with Crippen molar-refractivity contribution in [2.24, 2.45) is 0 Å². The van der Waals surface area contributed by atoms with Crippen molar-refractivity contribution in [2.45, 2.75) is 26.4 Å². The smallest absolute Gasteiger partial charge is 0.335 e.